The Morgan fingerprint density at radius 1 is 1.33 bits per heavy atom. The van der Waals surface area contributed by atoms with Gasteiger partial charge in [0.15, 0.2) is 12.4 Å². The van der Waals surface area contributed by atoms with E-state index in [0.717, 1.165) is 0 Å². The van der Waals surface area contributed by atoms with E-state index in [2.05, 4.69) is 4.98 Å². The van der Waals surface area contributed by atoms with Crippen molar-refractivity contribution >= 4 is 23.2 Å². The Bertz CT molecular complexity index is 604. The van der Waals surface area contributed by atoms with Crippen LogP contribution in [0.1, 0.15) is 22.0 Å². The molecule has 0 radical (unpaired) electrons. The van der Waals surface area contributed by atoms with Gasteiger partial charge in [-0.05, 0) is 17.7 Å². The lowest BCUT2D eigenvalue weighted by Gasteiger charge is -2.14. The number of aldehydes is 1. The number of carboxylic acid groups (broad SMARTS) is 1. The maximum Gasteiger partial charge on any atom is 0.335 e. The summed E-state index contributed by atoms with van der Waals surface area (Å²) in [6.07, 6.45) is -1.27. The molecule has 1 heterocycles. The zero-order chi connectivity index (χ0) is 13.3. The molecule has 94 valence electrons. The molecule has 2 atom stereocenters. The van der Waals surface area contributed by atoms with Gasteiger partial charge < -0.3 is 20.3 Å². The average molecular weight is 249 g/mol. The second-order valence-corrected chi connectivity index (χ2v) is 3.89. The molecule has 2 unspecified atom stereocenters. The normalized spacial score (nSPS) is 14.3. The summed E-state index contributed by atoms with van der Waals surface area (Å²) in [7, 11) is 0. The first-order valence-corrected chi connectivity index (χ1v) is 5.19. The Balaban J connectivity index is 2.45. The van der Waals surface area contributed by atoms with E-state index in [1.165, 1.54) is 18.3 Å². The van der Waals surface area contributed by atoms with Crippen LogP contribution in [-0.2, 0) is 4.79 Å². The minimum absolute atomic E-state index is 0.236. The zero-order valence-corrected chi connectivity index (χ0v) is 9.20. The highest BCUT2D eigenvalue weighted by Crippen LogP contribution is 2.24. The first kappa shape index (κ1) is 12.3. The molecule has 6 nitrogen and oxygen atoms in total. The Kier molecular flexibility index (Phi) is 3.14. The number of hydrogen-bond acceptors (Lipinski definition) is 4. The SMILES string of the molecule is O=Cc1c[nH]c2ccc(C(O)C(O)C(=O)O)cc12. The molecule has 2 aromatic rings. The number of carboxylic acids is 1. The Labute approximate surface area is 101 Å². The molecule has 2 rings (SSSR count). The van der Waals surface area contributed by atoms with Crippen LogP contribution in [0.25, 0.3) is 10.9 Å². The molecule has 0 bridgehead atoms. The number of aromatic nitrogens is 1. The molecule has 0 fully saturated rings. The number of aliphatic hydroxyl groups excluding tert-OH is 2. The number of H-pyrrole nitrogens is 1. The number of rotatable bonds is 4. The number of aliphatic hydroxyl groups is 2. The first-order chi connectivity index (χ1) is 8.54. The summed E-state index contributed by atoms with van der Waals surface area (Å²) in [6.45, 7) is 0. The molecule has 1 aromatic heterocycles. The average Bonchev–Trinajstić information content (AvgIpc) is 2.78. The minimum atomic E-state index is -1.90. The van der Waals surface area contributed by atoms with Gasteiger partial charge in [-0.3, -0.25) is 4.79 Å². The third-order valence-corrected chi connectivity index (χ3v) is 2.76. The van der Waals surface area contributed by atoms with Crippen molar-refractivity contribution in [1.82, 2.24) is 4.98 Å². The highest BCUT2D eigenvalue weighted by atomic mass is 16.4. The van der Waals surface area contributed by atoms with Crippen molar-refractivity contribution in [2.75, 3.05) is 0 Å². The van der Waals surface area contributed by atoms with Crippen molar-refractivity contribution in [1.29, 1.82) is 0 Å². The second-order valence-electron chi connectivity index (χ2n) is 3.89. The van der Waals surface area contributed by atoms with E-state index in [1.807, 2.05) is 0 Å². The smallest absolute Gasteiger partial charge is 0.335 e. The van der Waals surface area contributed by atoms with E-state index in [-0.39, 0.29) is 5.56 Å². The second kappa shape index (κ2) is 4.59. The van der Waals surface area contributed by atoms with Crippen LogP contribution in [0.5, 0.6) is 0 Å². The third kappa shape index (κ3) is 1.99. The van der Waals surface area contributed by atoms with Crippen molar-refractivity contribution in [2.24, 2.45) is 0 Å². The summed E-state index contributed by atoms with van der Waals surface area (Å²) in [6, 6.07) is 4.58. The molecule has 4 N–H and O–H groups in total. The van der Waals surface area contributed by atoms with E-state index in [9.17, 15) is 19.8 Å². The van der Waals surface area contributed by atoms with Gasteiger partial charge in [0.05, 0.1) is 0 Å². The Morgan fingerprint density at radius 2 is 2.06 bits per heavy atom. The van der Waals surface area contributed by atoms with Gasteiger partial charge in [0, 0.05) is 22.7 Å². The third-order valence-electron chi connectivity index (χ3n) is 2.76. The van der Waals surface area contributed by atoms with Gasteiger partial charge in [0.2, 0.25) is 0 Å². The molecule has 0 aliphatic heterocycles. The van der Waals surface area contributed by atoms with Gasteiger partial charge in [0.25, 0.3) is 0 Å². The van der Waals surface area contributed by atoms with Crippen LogP contribution in [-0.4, -0.2) is 38.7 Å². The summed E-state index contributed by atoms with van der Waals surface area (Å²) in [5, 5.41) is 28.1. The van der Waals surface area contributed by atoms with Crippen molar-refractivity contribution in [3.05, 3.63) is 35.5 Å². The van der Waals surface area contributed by atoms with Crippen LogP contribution >= 0.6 is 0 Å². The lowest BCUT2D eigenvalue weighted by Crippen LogP contribution is -2.27. The predicted molar refractivity (Wildman–Crippen MR) is 62.3 cm³/mol. The van der Waals surface area contributed by atoms with Crippen LogP contribution in [0, 0.1) is 0 Å². The summed E-state index contributed by atoms with van der Waals surface area (Å²) in [4.78, 5) is 24.2. The van der Waals surface area contributed by atoms with Crippen LogP contribution in [0.2, 0.25) is 0 Å². The number of carbonyl (C=O) groups excluding carboxylic acids is 1. The highest BCUT2D eigenvalue weighted by Gasteiger charge is 2.25. The van der Waals surface area contributed by atoms with Gasteiger partial charge in [-0.1, -0.05) is 6.07 Å². The van der Waals surface area contributed by atoms with Crippen LogP contribution < -0.4 is 0 Å². The van der Waals surface area contributed by atoms with Gasteiger partial charge in [-0.25, -0.2) is 4.79 Å². The minimum Gasteiger partial charge on any atom is -0.479 e. The number of fused-ring (bicyclic) bond motifs is 1. The van der Waals surface area contributed by atoms with E-state index in [0.29, 0.717) is 22.8 Å². The number of hydrogen-bond donors (Lipinski definition) is 4. The molecule has 0 saturated carbocycles. The summed E-state index contributed by atoms with van der Waals surface area (Å²) in [5.41, 5.74) is 1.34. The summed E-state index contributed by atoms with van der Waals surface area (Å²) in [5.74, 6) is -1.51. The quantitative estimate of drug-likeness (QED) is 0.588. The van der Waals surface area contributed by atoms with Crippen LogP contribution in [0.4, 0.5) is 0 Å². The first-order valence-electron chi connectivity index (χ1n) is 5.19. The maximum absolute atomic E-state index is 10.8. The fraction of sp³-hybridized carbons (Fsp3) is 0.167. The van der Waals surface area contributed by atoms with E-state index < -0.39 is 18.2 Å². The van der Waals surface area contributed by atoms with E-state index >= 15 is 0 Å². The molecule has 0 aliphatic carbocycles. The van der Waals surface area contributed by atoms with E-state index in [1.54, 1.807) is 6.07 Å². The van der Waals surface area contributed by atoms with Gasteiger partial charge >= 0.3 is 5.97 Å². The summed E-state index contributed by atoms with van der Waals surface area (Å²) < 4.78 is 0. The number of aliphatic carboxylic acids is 1. The largest absolute Gasteiger partial charge is 0.479 e. The number of benzene rings is 1. The molecule has 18 heavy (non-hydrogen) atoms. The zero-order valence-electron chi connectivity index (χ0n) is 9.20. The number of nitrogens with one attached hydrogen (secondary N) is 1. The molecular formula is C12H11NO5. The van der Waals surface area contributed by atoms with Crippen molar-refractivity contribution < 1.29 is 24.9 Å². The molecule has 6 heteroatoms. The molecule has 0 saturated heterocycles. The predicted octanol–water partition coefficient (Wildman–Crippen LogP) is 0.459. The fourth-order valence-electron chi connectivity index (χ4n) is 1.76. The lowest BCUT2D eigenvalue weighted by atomic mass is 10.0. The number of aromatic amines is 1. The summed E-state index contributed by atoms with van der Waals surface area (Å²) >= 11 is 0. The van der Waals surface area contributed by atoms with Gasteiger partial charge in [0.1, 0.15) is 6.10 Å². The molecule has 1 aromatic carbocycles. The Hall–Kier alpha value is -2.18. The number of carbonyl (C=O) groups is 2. The molecule has 0 spiro atoms. The topological polar surface area (TPSA) is 111 Å². The van der Waals surface area contributed by atoms with E-state index in [4.69, 9.17) is 5.11 Å². The standard InChI is InChI=1S/C12H11NO5/c14-5-7-4-13-9-2-1-6(3-8(7)9)10(15)11(16)12(17)18/h1-5,10-11,13,15-16H,(H,17,18). The van der Waals surface area contributed by atoms with Crippen LogP contribution in [0.3, 0.4) is 0 Å². The van der Waals surface area contributed by atoms with Crippen molar-refractivity contribution in [2.45, 2.75) is 12.2 Å². The molecule has 0 amide bonds. The fourth-order valence-corrected chi connectivity index (χ4v) is 1.76. The van der Waals surface area contributed by atoms with Gasteiger partial charge in [-0.15, -0.1) is 0 Å². The lowest BCUT2D eigenvalue weighted by molar-refractivity contribution is -0.153. The van der Waals surface area contributed by atoms with Crippen molar-refractivity contribution in [3.63, 3.8) is 0 Å². The van der Waals surface area contributed by atoms with Crippen LogP contribution in [0.15, 0.2) is 24.4 Å². The van der Waals surface area contributed by atoms with Gasteiger partial charge in [-0.2, -0.15) is 0 Å². The van der Waals surface area contributed by atoms with Crippen molar-refractivity contribution in [3.8, 4) is 0 Å². The Morgan fingerprint density at radius 3 is 2.67 bits per heavy atom. The molecular weight excluding hydrogens is 238 g/mol. The highest BCUT2D eigenvalue weighted by molar-refractivity contribution is 5.97. The maximum atomic E-state index is 10.8. The molecule has 0 aliphatic rings. The monoisotopic (exact) mass is 249 g/mol.